The topological polar surface area (TPSA) is 46.5 Å². The second-order valence-corrected chi connectivity index (χ2v) is 16.6. The molecule has 1 aromatic carbocycles. The number of carboxylic acid groups (broad SMARTS) is 1. The minimum absolute atomic E-state index is 0.108. The minimum atomic E-state index is -1.73. The minimum Gasteiger partial charge on any atom is -0.481 e. The molecule has 0 aliphatic carbocycles. The van der Waals surface area contributed by atoms with Crippen molar-refractivity contribution in [3.63, 3.8) is 0 Å². The number of halogens is 1. The van der Waals surface area contributed by atoms with Crippen LogP contribution in [-0.2, 0) is 14.6 Å². The molecule has 0 radical (unpaired) electrons. The first-order valence-electron chi connectivity index (χ1n) is 10.2. The highest BCUT2D eigenvalue weighted by Crippen LogP contribution is 2.38. The van der Waals surface area contributed by atoms with Gasteiger partial charge in [-0.2, -0.15) is 0 Å². The fraction of sp³-hybridized carbons (Fsp3) is 0.696. The van der Waals surface area contributed by atoms with E-state index in [9.17, 15) is 9.90 Å². The van der Waals surface area contributed by atoms with Crippen LogP contribution in [0, 0.1) is 8.99 Å². The molecule has 1 aromatic rings. The number of rotatable bonds is 10. The van der Waals surface area contributed by atoms with Crippen LogP contribution in [0.3, 0.4) is 0 Å². The first kappa shape index (κ1) is 25.6. The Balaban J connectivity index is 2.62. The zero-order valence-corrected chi connectivity index (χ0v) is 22.1. The van der Waals surface area contributed by atoms with E-state index in [1.165, 1.54) is 0 Å². The maximum absolute atomic E-state index is 12.0. The second-order valence-electron chi connectivity index (χ2n) is 10.6. The van der Waals surface area contributed by atoms with Gasteiger partial charge in [-0.25, -0.2) is 0 Å². The van der Waals surface area contributed by atoms with Crippen LogP contribution in [0.15, 0.2) is 24.3 Å². The molecule has 0 aliphatic rings. The van der Waals surface area contributed by atoms with Crippen LogP contribution in [0.1, 0.15) is 72.8 Å². The Kier molecular flexibility index (Phi) is 8.79. The molecular formula is C23H39IO3Si. The molecule has 3 nitrogen and oxygen atoms in total. The van der Waals surface area contributed by atoms with E-state index < -0.39 is 19.7 Å². The maximum Gasteiger partial charge on any atom is 0.313 e. The summed E-state index contributed by atoms with van der Waals surface area (Å²) in [6, 6.07) is 7.87. The summed E-state index contributed by atoms with van der Waals surface area (Å²) in [5.74, 6) is -0.741. The zero-order chi connectivity index (χ0) is 21.8. The molecule has 0 saturated heterocycles. The molecule has 0 fully saturated rings. The number of hydrogen-bond donors (Lipinski definition) is 1. The average Bonchev–Trinajstić information content (AvgIpc) is 2.56. The molecule has 1 atom stereocenters. The summed E-state index contributed by atoms with van der Waals surface area (Å²) in [5.41, 5.74) is 0.174. The van der Waals surface area contributed by atoms with Gasteiger partial charge in [0.1, 0.15) is 0 Å². The number of aliphatic carboxylic acids is 1. The largest absolute Gasteiger partial charge is 0.481 e. The Hall–Kier alpha value is -0.403. The van der Waals surface area contributed by atoms with E-state index >= 15 is 0 Å². The highest BCUT2D eigenvalue weighted by molar-refractivity contribution is 14.1. The monoisotopic (exact) mass is 518 g/mol. The third-order valence-corrected chi connectivity index (χ3v) is 11.5. The molecule has 0 aliphatic heterocycles. The lowest BCUT2D eigenvalue weighted by molar-refractivity contribution is -0.143. The first-order valence-corrected chi connectivity index (χ1v) is 14.2. The second kappa shape index (κ2) is 9.60. The molecule has 160 valence electrons. The van der Waals surface area contributed by atoms with Crippen LogP contribution in [0.4, 0.5) is 0 Å². The van der Waals surface area contributed by atoms with Crippen molar-refractivity contribution in [3.05, 3.63) is 33.4 Å². The standard InChI is InChI=1S/C23H39IO3Si/c1-21(2,3)28(7,8)27-17-22(4,5)14-9-10-15-23(6,20(25)26)18-12-11-13-19(24)16-18/h11-13,16H,9-10,14-15,17H2,1-8H3,(H,25,26). The summed E-state index contributed by atoms with van der Waals surface area (Å²) >= 11 is 2.24. The third kappa shape index (κ3) is 7.13. The van der Waals surface area contributed by atoms with E-state index in [0.717, 1.165) is 35.0 Å². The molecule has 5 heteroatoms. The van der Waals surface area contributed by atoms with Gasteiger partial charge >= 0.3 is 5.97 Å². The SMILES string of the molecule is CC(C)(CCCCC(C)(C(=O)O)c1cccc(I)c1)CO[Si](C)(C)C(C)(C)C. The highest BCUT2D eigenvalue weighted by Gasteiger charge is 2.38. The predicted molar refractivity (Wildman–Crippen MR) is 130 cm³/mol. The molecule has 0 spiro atoms. The van der Waals surface area contributed by atoms with Crippen molar-refractivity contribution < 1.29 is 14.3 Å². The zero-order valence-electron chi connectivity index (χ0n) is 19.0. The van der Waals surface area contributed by atoms with Gasteiger partial charge in [-0.15, -0.1) is 0 Å². The van der Waals surface area contributed by atoms with Gasteiger partial charge in [0, 0.05) is 10.2 Å². The van der Waals surface area contributed by atoms with Crippen LogP contribution in [0.5, 0.6) is 0 Å². The van der Waals surface area contributed by atoms with Crippen molar-refractivity contribution in [2.75, 3.05) is 6.61 Å². The van der Waals surface area contributed by atoms with Gasteiger partial charge in [0.2, 0.25) is 0 Å². The van der Waals surface area contributed by atoms with Crippen molar-refractivity contribution in [3.8, 4) is 0 Å². The number of benzene rings is 1. The van der Waals surface area contributed by atoms with Gasteiger partial charge in [0.15, 0.2) is 8.32 Å². The molecule has 0 aromatic heterocycles. The van der Waals surface area contributed by atoms with Gasteiger partial charge in [0.25, 0.3) is 0 Å². The van der Waals surface area contributed by atoms with Crippen molar-refractivity contribution in [1.82, 2.24) is 0 Å². The third-order valence-electron chi connectivity index (χ3n) is 6.34. The van der Waals surface area contributed by atoms with Crippen LogP contribution >= 0.6 is 22.6 Å². The number of unbranched alkanes of at least 4 members (excludes halogenated alkanes) is 1. The molecule has 1 N–H and O–H groups in total. The summed E-state index contributed by atoms with van der Waals surface area (Å²) in [6.45, 7) is 18.5. The Bertz CT molecular complexity index is 664. The fourth-order valence-corrected chi connectivity index (χ4v) is 4.68. The van der Waals surface area contributed by atoms with Gasteiger partial charge in [-0.1, -0.05) is 59.6 Å². The first-order chi connectivity index (χ1) is 12.6. The lowest BCUT2D eigenvalue weighted by Gasteiger charge is -2.39. The van der Waals surface area contributed by atoms with E-state index in [0.29, 0.717) is 6.42 Å². The van der Waals surface area contributed by atoms with E-state index in [4.69, 9.17) is 4.43 Å². The molecule has 0 amide bonds. The average molecular weight is 519 g/mol. The predicted octanol–water partition coefficient (Wildman–Crippen LogP) is 7.24. The number of carbonyl (C=O) groups is 1. The normalized spacial score (nSPS) is 15.3. The Labute approximate surface area is 186 Å². The number of carboxylic acids is 1. The Morgan fingerprint density at radius 2 is 1.64 bits per heavy atom. The van der Waals surface area contributed by atoms with E-state index in [2.05, 4.69) is 70.3 Å². The molecule has 0 saturated carbocycles. The molecule has 1 rings (SSSR count). The Morgan fingerprint density at radius 1 is 1.07 bits per heavy atom. The molecular weight excluding hydrogens is 479 g/mol. The van der Waals surface area contributed by atoms with Gasteiger partial charge in [-0.3, -0.25) is 4.79 Å². The summed E-state index contributed by atoms with van der Waals surface area (Å²) in [7, 11) is -1.73. The van der Waals surface area contributed by atoms with E-state index in [1.54, 1.807) is 0 Å². The maximum atomic E-state index is 12.0. The Morgan fingerprint density at radius 3 is 2.14 bits per heavy atom. The van der Waals surface area contributed by atoms with Gasteiger partial charge in [0.05, 0.1) is 5.41 Å². The van der Waals surface area contributed by atoms with Crippen LogP contribution in [0.2, 0.25) is 18.1 Å². The van der Waals surface area contributed by atoms with Crippen molar-refractivity contribution in [2.24, 2.45) is 5.41 Å². The number of hydrogen-bond acceptors (Lipinski definition) is 2. The lowest BCUT2D eigenvalue weighted by Crippen LogP contribution is -2.43. The van der Waals surface area contributed by atoms with Crippen molar-refractivity contribution >= 4 is 36.9 Å². The van der Waals surface area contributed by atoms with E-state index in [1.807, 2.05) is 31.2 Å². The molecule has 28 heavy (non-hydrogen) atoms. The quantitative estimate of drug-likeness (QED) is 0.202. The van der Waals surface area contributed by atoms with Crippen molar-refractivity contribution in [1.29, 1.82) is 0 Å². The summed E-state index contributed by atoms with van der Waals surface area (Å²) in [5, 5.41) is 10.1. The van der Waals surface area contributed by atoms with Crippen molar-refractivity contribution in [2.45, 2.75) is 90.8 Å². The molecule has 1 unspecified atom stereocenters. The lowest BCUT2D eigenvalue weighted by atomic mass is 9.77. The van der Waals surface area contributed by atoms with Gasteiger partial charge in [-0.05, 0) is 83.6 Å². The van der Waals surface area contributed by atoms with Crippen LogP contribution in [0.25, 0.3) is 0 Å². The summed E-state index contributed by atoms with van der Waals surface area (Å²) in [6.07, 6.45) is 3.61. The summed E-state index contributed by atoms with van der Waals surface area (Å²) < 4.78 is 7.50. The molecule has 0 heterocycles. The summed E-state index contributed by atoms with van der Waals surface area (Å²) in [4.78, 5) is 12.0. The van der Waals surface area contributed by atoms with E-state index in [-0.39, 0.29) is 10.5 Å². The fourth-order valence-electron chi connectivity index (χ4n) is 2.95. The highest BCUT2D eigenvalue weighted by atomic mass is 127. The van der Waals surface area contributed by atoms with Gasteiger partial charge < -0.3 is 9.53 Å². The van der Waals surface area contributed by atoms with Crippen LogP contribution < -0.4 is 0 Å². The smallest absolute Gasteiger partial charge is 0.313 e. The molecule has 0 bridgehead atoms. The van der Waals surface area contributed by atoms with Crippen LogP contribution in [-0.4, -0.2) is 26.0 Å².